The number of carbonyl (C=O) groups is 1. The standard InChI is InChI=1S/C16H14N2O2/c1-20-16(19)15-5-4-13-8-12(2-3-14(13)9-15)10-18-7-6-17-11-18/h2-9,11H,10H2,1H3. The van der Waals surface area contributed by atoms with Gasteiger partial charge in [0.1, 0.15) is 0 Å². The molecule has 0 fully saturated rings. The summed E-state index contributed by atoms with van der Waals surface area (Å²) in [5, 5.41) is 2.14. The van der Waals surface area contributed by atoms with Crippen molar-refractivity contribution in [2.75, 3.05) is 7.11 Å². The van der Waals surface area contributed by atoms with Gasteiger partial charge in [-0.05, 0) is 34.5 Å². The Hall–Kier alpha value is -2.62. The summed E-state index contributed by atoms with van der Waals surface area (Å²) in [7, 11) is 1.39. The van der Waals surface area contributed by atoms with Gasteiger partial charge >= 0.3 is 5.97 Å². The minimum absolute atomic E-state index is 0.311. The summed E-state index contributed by atoms with van der Waals surface area (Å²) < 4.78 is 6.75. The highest BCUT2D eigenvalue weighted by atomic mass is 16.5. The van der Waals surface area contributed by atoms with Crippen LogP contribution in [0, 0.1) is 0 Å². The molecule has 4 heteroatoms. The maximum Gasteiger partial charge on any atom is 0.337 e. The molecular formula is C16H14N2O2. The van der Waals surface area contributed by atoms with Crippen LogP contribution in [0.25, 0.3) is 10.8 Å². The fourth-order valence-electron chi connectivity index (χ4n) is 2.23. The van der Waals surface area contributed by atoms with E-state index in [0.717, 1.165) is 17.3 Å². The molecule has 2 aromatic carbocycles. The molecule has 0 atom stereocenters. The van der Waals surface area contributed by atoms with Crippen LogP contribution < -0.4 is 0 Å². The highest BCUT2D eigenvalue weighted by Crippen LogP contribution is 2.19. The first-order valence-electron chi connectivity index (χ1n) is 6.33. The number of hydrogen-bond acceptors (Lipinski definition) is 3. The van der Waals surface area contributed by atoms with Gasteiger partial charge in [0.15, 0.2) is 0 Å². The van der Waals surface area contributed by atoms with Crippen LogP contribution in [0.4, 0.5) is 0 Å². The van der Waals surface area contributed by atoms with Crippen LogP contribution in [-0.4, -0.2) is 22.6 Å². The molecule has 1 aromatic heterocycles. The van der Waals surface area contributed by atoms with Crippen molar-refractivity contribution < 1.29 is 9.53 Å². The van der Waals surface area contributed by atoms with E-state index in [1.807, 2.05) is 29.0 Å². The average molecular weight is 266 g/mol. The van der Waals surface area contributed by atoms with E-state index in [4.69, 9.17) is 4.74 Å². The lowest BCUT2D eigenvalue weighted by molar-refractivity contribution is 0.0601. The Morgan fingerprint density at radius 1 is 1.20 bits per heavy atom. The molecule has 1 heterocycles. The summed E-state index contributed by atoms with van der Waals surface area (Å²) in [6, 6.07) is 11.8. The van der Waals surface area contributed by atoms with Gasteiger partial charge in [-0.2, -0.15) is 0 Å². The molecule has 0 spiro atoms. The maximum atomic E-state index is 11.5. The fourth-order valence-corrected chi connectivity index (χ4v) is 2.23. The average Bonchev–Trinajstić information content (AvgIpc) is 2.98. The first kappa shape index (κ1) is 12.4. The summed E-state index contributed by atoms with van der Waals surface area (Å²) in [5.41, 5.74) is 1.77. The summed E-state index contributed by atoms with van der Waals surface area (Å²) in [6.45, 7) is 0.786. The van der Waals surface area contributed by atoms with Crippen LogP contribution in [-0.2, 0) is 11.3 Å². The number of methoxy groups -OCH3 is 1. The Balaban J connectivity index is 1.94. The van der Waals surface area contributed by atoms with E-state index in [-0.39, 0.29) is 5.97 Å². The van der Waals surface area contributed by atoms with Crippen molar-refractivity contribution in [1.82, 2.24) is 9.55 Å². The lowest BCUT2D eigenvalue weighted by Crippen LogP contribution is -2.00. The largest absolute Gasteiger partial charge is 0.465 e. The van der Waals surface area contributed by atoms with Gasteiger partial charge < -0.3 is 9.30 Å². The lowest BCUT2D eigenvalue weighted by Gasteiger charge is -2.06. The second kappa shape index (κ2) is 5.17. The molecular weight excluding hydrogens is 252 g/mol. The van der Waals surface area contributed by atoms with Crippen molar-refractivity contribution in [3.8, 4) is 0 Å². The zero-order valence-corrected chi connectivity index (χ0v) is 11.1. The van der Waals surface area contributed by atoms with E-state index < -0.39 is 0 Å². The van der Waals surface area contributed by atoms with Crippen LogP contribution in [0.3, 0.4) is 0 Å². The van der Waals surface area contributed by atoms with E-state index in [9.17, 15) is 4.79 Å². The first-order chi connectivity index (χ1) is 9.76. The zero-order chi connectivity index (χ0) is 13.9. The number of esters is 1. The van der Waals surface area contributed by atoms with Crippen LogP contribution in [0.2, 0.25) is 0 Å². The third kappa shape index (κ3) is 2.40. The van der Waals surface area contributed by atoms with Gasteiger partial charge in [-0.25, -0.2) is 9.78 Å². The van der Waals surface area contributed by atoms with Gasteiger partial charge in [-0.3, -0.25) is 0 Å². The molecule has 0 saturated heterocycles. The molecule has 0 aliphatic rings. The predicted molar refractivity (Wildman–Crippen MR) is 76.6 cm³/mol. The van der Waals surface area contributed by atoms with Gasteiger partial charge in [-0.1, -0.05) is 18.2 Å². The van der Waals surface area contributed by atoms with Crippen molar-refractivity contribution in [3.63, 3.8) is 0 Å². The molecule has 0 amide bonds. The van der Waals surface area contributed by atoms with Gasteiger partial charge in [0.25, 0.3) is 0 Å². The normalized spacial score (nSPS) is 10.7. The van der Waals surface area contributed by atoms with Crippen molar-refractivity contribution in [3.05, 3.63) is 66.2 Å². The molecule has 0 N–H and O–H groups in total. The van der Waals surface area contributed by atoms with Crippen LogP contribution in [0.15, 0.2) is 55.1 Å². The molecule has 0 unspecified atom stereocenters. The van der Waals surface area contributed by atoms with Crippen LogP contribution in [0.5, 0.6) is 0 Å². The van der Waals surface area contributed by atoms with Crippen LogP contribution in [0.1, 0.15) is 15.9 Å². The molecule has 4 nitrogen and oxygen atoms in total. The smallest absolute Gasteiger partial charge is 0.337 e. The van der Waals surface area contributed by atoms with Gasteiger partial charge in [0.05, 0.1) is 19.0 Å². The molecule has 3 aromatic rings. The minimum Gasteiger partial charge on any atom is -0.465 e. The first-order valence-corrected chi connectivity index (χ1v) is 6.33. The third-order valence-electron chi connectivity index (χ3n) is 3.25. The number of hydrogen-bond donors (Lipinski definition) is 0. The SMILES string of the molecule is COC(=O)c1ccc2cc(Cn3ccnc3)ccc2c1. The minimum atomic E-state index is -0.311. The number of benzene rings is 2. The van der Waals surface area contributed by atoms with Crippen molar-refractivity contribution >= 4 is 16.7 Å². The highest BCUT2D eigenvalue weighted by molar-refractivity contribution is 5.95. The molecule has 0 radical (unpaired) electrons. The Kier molecular flexibility index (Phi) is 3.21. The topological polar surface area (TPSA) is 44.1 Å². The number of aromatic nitrogens is 2. The molecule has 20 heavy (non-hydrogen) atoms. The third-order valence-corrected chi connectivity index (χ3v) is 3.25. The monoisotopic (exact) mass is 266 g/mol. The number of carbonyl (C=O) groups excluding carboxylic acids is 1. The van der Waals surface area contributed by atoms with Gasteiger partial charge in [-0.15, -0.1) is 0 Å². The van der Waals surface area contributed by atoms with E-state index in [1.165, 1.54) is 12.7 Å². The number of rotatable bonds is 3. The Bertz CT molecular complexity index is 748. The number of ether oxygens (including phenoxy) is 1. The number of fused-ring (bicyclic) bond motifs is 1. The Labute approximate surface area is 116 Å². The molecule has 3 rings (SSSR count). The molecule has 0 bridgehead atoms. The van der Waals surface area contributed by atoms with E-state index >= 15 is 0 Å². The van der Waals surface area contributed by atoms with Crippen molar-refractivity contribution in [1.29, 1.82) is 0 Å². The number of nitrogens with zero attached hydrogens (tertiary/aromatic N) is 2. The van der Waals surface area contributed by atoms with E-state index in [0.29, 0.717) is 5.56 Å². The second-order valence-corrected chi connectivity index (χ2v) is 4.62. The predicted octanol–water partition coefficient (Wildman–Crippen LogP) is 2.87. The zero-order valence-electron chi connectivity index (χ0n) is 11.1. The summed E-state index contributed by atoms with van der Waals surface area (Å²) in [4.78, 5) is 15.5. The molecule has 0 aliphatic heterocycles. The van der Waals surface area contributed by atoms with E-state index in [1.54, 1.807) is 18.6 Å². The summed E-state index contributed by atoms with van der Waals surface area (Å²) in [5.74, 6) is -0.311. The number of imidazole rings is 1. The second-order valence-electron chi connectivity index (χ2n) is 4.62. The lowest BCUT2D eigenvalue weighted by atomic mass is 10.0. The Morgan fingerprint density at radius 3 is 2.75 bits per heavy atom. The molecule has 100 valence electrons. The molecule has 0 saturated carbocycles. The van der Waals surface area contributed by atoms with E-state index in [2.05, 4.69) is 17.1 Å². The van der Waals surface area contributed by atoms with Gasteiger partial charge in [0, 0.05) is 18.9 Å². The highest BCUT2D eigenvalue weighted by Gasteiger charge is 2.06. The summed E-state index contributed by atoms with van der Waals surface area (Å²) in [6.07, 6.45) is 5.50. The van der Waals surface area contributed by atoms with Gasteiger partial charge in [0.2, 0.25) is 0 Å². The fraction of sp³-hybridized carbons (Fsp3) is 0.125. The quantitative estimate of drug-likeness (QED) is 0.685. The van der Waals surface area contributed by atoms with Crippen molar-refractivity contribution in [2.45, 2.75) is 6.54 Å². The Morgan fingerprint density at radius 2 is 2.00 bits per heavy atom. The van der Waals surface area contributed by atoms with Crippen LogP contribution >= 0.6 is 0 Å². The van der Waals surface area contributed by atoms with Crippen molar-refractivity contribution in [2.24, 2.45) is 0 Å². The summed E-state index contributed by atoms with van der Waals surface area (Å²) >= 11 is 0. The maximum absolute atomic E-state index is 11.5. The molecule has 0 aliphatic carbocycles.